The van der Waals surface area contributed by atoms with Gasteiger partial charge in [0.2, 0.25) is 0 Å². The molecule has 2 N–H and O–H groups in total. The molecule has 0 aliphatic rings. The van der Waals surface area contributed by atoms with Crippen LogP contribution >= 0.6 is 23.4 Å². The summed E-state index contributed by atoms with van der Waals surface area (Å²) >= 11 is 7.37. The minimum atomic E-state index is -0.515. The molecule has 0 aliphatic heterocycles. The quantitative estimate of drug-likeness (QED) is 0.577. The Hall–Kier alpha value is -1.23. The highest BCUT2D eigenvalue weighted by atomic mass is 35.5. The van der Waals surface area contributed by atoms with E-state index < -0.39 is 6.10 Å². The number of aromatic nitrogens is 1. The molecule has 112 valence electrons. The van der Waals surface area contributed by atoms with Gasteiger partial charge >= 0.3 is 0 Å². The van der Waals surface area contributed by atoms with E-state index in [0.29, 0.717) is 6.54 Å². The van der Waals surface area contributed by atoms with Crippen molar-refractivity contribution in [3.05, 3.63) is 54.4 Å². The van der Waals surface area contributed by atoms with E-state index in [4.69, 9.17) is 11.6 Å². The van der Waals surface area contributed by atoms with Crippen LogP contribution in [0.25, 0.3) is 0 Å². The third-order valence-corrected chi connectivity index (χ3v) is 4.30. The van der Waals surface area contributed by atoms with Crippen LogP contribution in [0.2, 0.25) is 0 Å². The molecule has 1 aromatic heterocycles. The zero-order chi connectivity index (χ0) is 14.9. The average Bonchev–Trinajstić information content (AvgIpc) is 2.55. The number of nitrogens with one attached hydrogen (secondary N) is 1. The first kappa shape index (κ1) is 16.1. The van der Waals surface area contributed by atoms with Crippen molar-refractivity contribution < 1.29 is 5.11 Å². The SMILES string of the molecule is OC(CCl)CNc1ccc(SCCc2ccccn2)cc1. The summed E-state index contributed by atoms with van der Waals surface area (Å²) in [5.74, 6) is 1.25. The number of rotatable bonds is 8. The molecule has 0 amide bonds. The minimum Gasteiger partial charge on any atom is -0.390 e. The molecular weight excluding hydrogens is 304 g/mol. The summed E-state index contributed by atoms with van der Waals surface area (Å²) in [6, 6.07) is 14.2. The largest absolute Gasteiger partial charge is 0.390 e. The summed E-state index contributed by atoms with van der Waals surface area (Å²) in [7, 11) is 0. The number of aliphatic hydroxyl groups is 1. The summed E-state index contributed by atoms with van der Waals surface area (Å²) < 4.78 is 0. The Kier molecular flexibility index (Phi) is 6.86. The molecular formula is C16H19ClN2OS. The second-order valence-corrected chi connectivity index (χ2v) is 6.11. The number of alkyl halides is 1. The van der Waals surface area contributed by atoms with Gasteiger partial charge in [0, 0.05) is 34.8 Å². The molecule has 0 saturated heterocycles. The van der Waals surface area contributed by atoms with Gasteiger partial charge in [-0.05, 0) is 42.8 Å². The smallest absolute Gasteiger partial charge is 0.0847 e. The number of aliphatic hydroxyl groups excluding tert-OH is 1. The molecule has 0 saturated carbocycles. The second kappa shape index (κ2) is 8.93. The van der Waals surface area contributed by atoms with Gasteiger partial charge in [-0.2, -0.15) is 0 Å². The predicted octanol–water partition coefficient (Wildman–Crippen LogP) is 3.43. The summed E-state index contributed by atoms with van der Waals surface area (Å²) in [6.45, 7) is 0.468. The average molecular weight is 323 g/mol. The van der Waals surface area contributed by atoms with Crippen molar-refractivity contribution in [3.63, 3.8) is 0 Å². The van der Waals surface area contributed by atoms with Crippen LogP contribution in [0.15, 0.2) is 53.6 Å². The lowest BCUT2D eigenvalue weighted by molar-refractivity contribution is 0.211. The molecule has 0 bridgehead atoms. The Balaban J connectivity index is 1.74. The van der Waals surface area contributed by atoms with Crippen LogP contribution in [0.3, 0.4) is 0 Å². The zero-order valence-corrected chi connectivity index (χ0v) is 13.3. The number of pyridine rings is 1. The molecule has 0 radical (unpaired) electrons. The fourth-order valence-electron chi connectivity index (χ4n) is 1.78. The van der Waals surface area contributed by atoms with Crippen LogP contribution in [0.4, 0.5) is 5.69 Å². The molecule has 21 heavy (non-hydrogen) atoms. The molecule has 1 aromatic carbocycles. The molecule has 0 aliphatic carbocycles. The van der Waals surface area contributed by atoms with Gasteiger partial charge in [-0.1, -0.05) is 6.07 Å². The Labute approximate surface area is 134 Å². The van der Waals surface area contributed by atoms with Gasteiger partial charge in [0.25, 0.3) is 0 Å². The number of halogens is 1. The van der Waals surface area contributed by atoms with E-state index >= 15 is 0 Å². The van der Waals surface area contributed by atoms with Gasteiger partial charge in [-0.15, -0.1) is 23.4 Å². The number of anilines is 1. The third-order valence-electron chi connectivity index (χ3n) is 2.93. The maximum atomic E-state index is 9.39. The number of aryl methyl sites for hydroxylation is 1. The lowest BCUT2D eigenvalue weighted by atomic mass is 10.3. The Bertz CT molecular complexity index is 522. The highest BCUT2D eigenvalue weighted by Gasteiger charge is 2.01. The van der Waals surface area contributed by atoms with E-state index in [0.717, 1.165) is 23.6 Å². The van der Waals surface area contributed by atoms with Gasteiger partial charge < -0.3 is 10.4 Å². The maximum absolute atomic E-state index is 9.39. The van der Waals surface area contributed by atoms with Crippen LogP contribution in [-0.4, -0.2) is 34.4 Å². The van der Waals surface area contributed by atoms with Crippen molar-refractivity contribution in [2.24, 2.45) is 0 Å². The molecule has 0 spiro atoms. The van der Waals surface area contributed by atoms with Crippen molar-refractivity contribution in [2.45, 2.75) is 17.4 Å². The van der Waals surface area contributed by atoms with E-state index in [2.05, 4.69) is 28.5 Å². The fraction of sp³-hybridized carbons (Fsp3) is 0.312. The first-order valence-electron chi connectivity index (χ1n) is 6.88. The number of hydrogen-bond acceptors (Lipinski definition) is 4. The van der Waals surface area contributed by atoms with Crippen molar-refractivity contribution >= 4 is 29.1 Å². The summed E-state index contributed by atoms with van der Waals surface area (Å²) in [6.07, 6.45) is 2.28. The van der Waals surface area contributed by atoms with E-state index in [1.165, 1.54) is 4.90 Å². The molecule has 2 rings (SSSR count). The second-order valence-electron chi connectivity index (χ2n) is 4.63. The number of nitrogens with zero attached hydrogens (tertiary/aromatic N) is 1. The maximum Gasteiger partial charge on any atom is 0.0847 e. The third kappa shape index (κ3) is 5.96. The minimum absolute atomic E-state index is 0.245. The molecule has 0 fully saturated rings. The molecule has 1 atom stereocenters. The van der Waals surface area contributed by atoms with Crippen LogP contribution < -0.4 is 5.32 Å². The monoisotopic (exact) mass is 322 g/mol. The van der Waals surface area contributed by atoms with E-state index in [1.54, 1.807) is 0 Å². The first-order valence-corrected chi connectivity index (χ1v) is 8.40. The van der Waals surface area contributed by atoms with E-state index in [-0.39, 0.29) is 5.88 Å². The Morgan fingerprint density at radius 3 is 2.67 bits per heavy atom. The van der Waals surface area contributed by atoms with Crippen LogP contribution in [0, 0.1) is 0 Å². The van der Waals surface area contributed by atoms with Crippen molar-refractivity contribution in [1.29, 1.82) is 0 Å². The van der Waals surface area contributed by atoms with Crippen molar-refractivity contribution in [3.8, 4) is 0 Å². The number of hydrogen-bond donors (Lipinski definition) is 2. The van der Waals surface area contributed by atoms with Gasteiger partial charge in [0.1, 0.15) is 0 Å². The lowest BCUT2D eigenvalue weighted by Crippen LogP contribution is -2.20. The number of thioether (sulfide) groups is 1. The highest BCUT2D eigenvalue weighted by molar-refractivity contribution is 7.99. The van der Waals surface area contributed by atoms with Crippen molar-refractivity contribution in [1.82, 2.24) is 4.98 Å². The lowest BCUT2D eigenvalue weighted by Gasteiger charge is -2.10. The van der Waals surface area contributed by atoms with Gasteiger partial charge in [0.05, 0.1) is 12.0 Å². The summed E-state index contributed by atoms with van der Waals surface area (Å²) in [4.78, 5) is 5.55. The Morgan fingerprint density at radius 2 is 2.00 bits per heavy atom. The molecule has 1 heterocycles. The number of benzene rings is 1. The first-order chi connectivity index (χ1) is 10.3. The predicted molar refractivity (Wildman–Crippen MR) is 90.3 cm³/mol. The normalized spacial score (nSPS) is 12.1. The molecule has 1 unspecified atom stereocenters. The van der Waals surface area contributed by atoms with E-state index in [9.17, 15) is 5.11 Å². The fourth-order valence-corrected chi connectivity index (χ4v) is 2.76. The van der Waals surface area contributed by atoms with Crippen LogP contribution in [-0.2, 0) is 6.42 Å². The van der Waals surface area contributed by atoms with Crippen LogP contribution in [0.1, 0.15) is 5.69 Å². The summed E-state index contributed by atoms with van der Waals surface area (Å²) in [5.41, 5.74) is 2.12. The standard InChI is InChI=1S/C16H19ClN2OS/c17-11-15(20)12-19-14-4-6-16(7-5-14)21-10-8-13-3-1-2-9-18-13/h1-7,9,15,19-20H,8,10-12H2. The molecule has 2 aromatic rings. The Morgan fingerprint density at radius 1 is 1.19 bits per heavy atom. The van der Waals surface area contributed by atoms with Gasteiger partial charge in [-0.25, -0.2) is 0 Å². The zero-order valence-electron chi connectivity index (χ0n) is 11.7. The molecule has 5 heteroatoms. The van der Waals surface area contributed by atoms with Gasteiger partial charge in [-0.3, -0.25) is 4.98 Å². The molecule has 3 nitrogen and oxygen atoms in total. The van der Waals surface area contributed by atoms with Crippen molar-refractivity contribution in [2.75, 3.05) is 23.5 Å². The van der Waals surface area contributed by atoms with E-state index in [1.807, 2.05) is 42.2 Å². The summed E-state index contributed by atoms with van der Waals surface area (Å²) in [5, 5.41) is 12.5. The van der Waals surface area contributed by atoms with Crippen LogP contribution in [0.5, 0.6) is 0 Å². The topological polar surface area (TPSA) is 45.1 Å². The highest BCUT2D eigenvalue weighted by Crippen LogP contribution is 2.21. The van der Waals surface area contributed by atoms with Gasteiger partial charge in [0.15, 0.2) is 0 Å².